The van der Waals surface area contributed by atoms with Crippen LogP contribution in [0.2, 0.25) is 0 Å². The zero-order valence-electron chi connectivity index (χ0n) is 14.9. The number of aromatic carboxylic acids is 1. The van der Waals surface area contributed by atoms with Crippen molar-refractivity contribution in [2.45, 2.75) is 13.5 Å². The minimum Gasteiger partial charge on any atom is -0.545 e. The number of carbonyl (C=O) groups excluding carboxylic acids is 1. The van der Waals surface area contributed by atoms with Crippen LogP contribution >= 0.6 is 0 Å². The lowest BCUT2D eigenvalue weighted by molar-refractivity contribution is -0.887. The molecule has 0 saturated heterocycles. The van der Waals surface area contributed by atoms with Crippen LogP contribution in [0.1, 0.15) is 32.7 Å². The zero-order valence-corrected chi connectivity index (χ0v) is 14.9. The second-order valence-corrected chi connectivity index (χ2v) is 6.96. The predicted molar refractivity (Wildman–Crippen MR) is 101 cm³/mol. The molecule has 0 saturated carbocycles. The monoisotopic (exact) mass is 344 g/mol. The van der Waals surface area contributed by atoms with Gasteiger partial charge in [0.05, 0.1) is 24.2 Å². The van der Waals surface area contributed by atoms with Crippen LogP contribution in [0.4, 0.5) is 0 Å². The molecule has 2 aromatic carbocycles. The topological polar surface area (TPSA) is 57.5 Å². The Bertz CT molecular complexity index is 1050. The second-order valence-electron chi connectivity index (χ2n) is 6.96. The Balaban J connectivity index is 2.01. The number of hydrogen-bond donors (Lipinski definition) is 1. The number of carboxylic acids is 1. The maximum atomic E-state index is 11.9. The first kappa shape index (κ1) is 16.5. The van der Waals surface area contributed by atoms with Crippen LogP contribution < -0.4 is 10.0 Å². The number of benzene rings is 2. The van der Waals surface area contributed by atoms with Crippen molar-refractivity contribution in [2.24, 2.45) is 0 Å². The van der Waals surface area contributed by atoms with E-state index < -0.39 is 5.97 Å². The van der Waals surface area contributed by atoms with Gasteiger partial charge in [0, 0.05) is 22.1 Å². The summed E-state index contributed by atoms with van der Waals surface area (Å²) < 4.78 is 0. The minimum atomic E-state index is -1.13. The van der Waals surface area contributed by atoms with Crippen LogP contribution in [0.25, 0.3) is 22.6 Å². The highest BCUT2D eigenvalue weighted by Crippen LogP contribution is 2.30. The van der Waals surface area contributed by atoms with Crippen LogP contribution in [0.5, 0.6) is 0 Å². The van der Waals surface area contributed by atoms with Gasteiger partial charge in [-0.25, -0.2) is 4.98 Å². The number of hydrogen-bond acceptors (Lipinski definition) is 3. The molecule has 0 aliphatic carbocycles. The molecule has 26 heavy (non-hydrogen) atoms. The van der Waals surface area contributed by atoms with Crippen LogP contribution in [-0.4, -0.2) is 24.5 Å². The quantitative estimate of drug-likeness (QED) is 0.766. The average molecular weight is 344 g/mol. The van der Waals surface area contributed by atoms with Gasteiger partial charge in [-0.2, -0.15) is 0 Å². The molecule has 130 valence electrons. The number of aryl methyl sites for hydroxylation is 1. The van der Waals surface area contributed by atoms with Crippen molar-refractivity contribution in [3.05, 3.63) is 76.5 Å². The van der Waals surface area contributed by atoms with Gasteiger partial charge in [0.1, 0.15) is 13.1 Å². The van der Waals surface area contributed by atoms with Crippen LogP contribution in [0.15, 0.2) is 48.5 Å². The molecule has 4 nitrogen and oxygen atoms in total. The Morgan fingerprint density at radius 2 is 1.85 bits per heavy atom. The van der Waals surface area contributed by atoms with Crippen LogP contribution in [0.3, 0.4) is 0 Å². The van der Waals surface area contributed by atoms with Gasteiger partial charge in [0.25, 0.3) is 0 Å². The first-order valence-corrected chi connectivity index (χ1v) is 8.75. The molecular formula is C22H20N2O2. The number of fused-ring (bicyclic) bond motifs is 2. The molecule has 0 bridgehead atoms. The smallest absolute Gasteiger partial charge is 0.106 e. The summed E-state index contributed by atoms with van der Waals surface area (Å²) in [5.41, 5.74) is 5.91. The molecule has 0 fully saturated rings. The number of quaternary nitrogens is 1. The molecule has 0 amide bonds. The summed E-state index contributed by atoms with van der Waals surface area (Å²) >= 11 is 0. The summed E-state index contributed by atoms with van der Waals surface area (Å²) in [7, 11) is 2.07. The van der Waals surface area contributed by atoms with Crippen molar-refractivity contribution >= 4 is 28.5 Å². The van der Waals surface area contributed by atoms with E-state index >= 15 is 0 Å². The molecule has 4 heteroatoms. The van der Waals surface area contributed by atoms with Gasteiger partial charge in [-0.3, -0.25) is 0 Å². The zero-order chi connectivity index (χ0) is 18.3. The van der Waals surface area contributed by atoms with E-state index in [1.165, 1.54) is 10.5 Å². The molecule has 0 radical (unpaired) electrons. The van der Waals surface area contributed by atoms with E-state index in [4.69, 9.17) is 4.98 Å². The summed E-state index contributed by atoms with van der Waals surface area (Å²) in [6.07, 6.45) is 2.14. The molecular weight excluding hydrogens is 324 g/mol. The van der Waals surface area contributed by atoms with Crippen molar-refractivity contribution in [3.63, 3.8) is 0 Å². The predicted octanol–water partition coefficient (Wildman–Crippen LogP) is 1.48. The molecule has 1 aliphatic heterocycles. The minimum absolute atomic E-state index is 0.278. The molecule has 1 aliphatic rings. The van der Waals surface area contributed by atoms with Gasteiger partial charge >= 0.3 is 0 Å². The number of rotatable bonds is 2. The first-order chi connectivity index (χ1) is 12.5. The van der Waals surface area contributed by atoms with Gasteiger partial charge in [-0.15, -0.1) is 0 Å². The Labute approximate surface area is 152 Å². The Morgan fingerprint density at radius 1 is 1.12 bits per heavy atom. The Kier molecular flexibility index (Phi) is 4.05. The fourth-order valence-corrected chi connectivity index (χ4v) is 3.75. The maximum absolute atomic E-state index is 11.9. The number of carboxylic acid groups (broad SMARTS) is 1. The Hall–Kier alpha value is -2.98. The fraction of sp³-hybridized carbons (Fsp3) is 0.182. The molecule has 1 aromatic heterocycles. The van der Waals surface area contributed by atoms with E-state index in [0.717, 1.165) is 28.9 Å². The van der Waals surface area contributed by atoms with Crippen molar-refractivity contribution in [1.29, 1.82) is 0 Å². The number of pyridine rings is 1. The van der Waals surface area contributed by atoms with Crippen LogP contribution in [-0.2, 0) is 6.54 Å². The normalized spacial score (nSPS) is 18.1. The summed E-state index contributed by atoms with van der Waals surface area (Å²) in [5, 5.41) is 12.6. The molecule has 1 atom stereocenters. The van der Waals surface area contributed by atoms with Crippen molar-refractivity contribution < 1.29 is 14.8 Å². The maximum Gasteiger partial charge on any atom is 0.106 e. The molecule has 2 heterocycles. The lowest BCUT2D eigenvalue weighted by Crippen LogP contribution is -3.08. The summed E-state index contributed by atoms with van der Waals surface area (Å²) in [5.74, 6) is -1.13. The third kappa shape index (κ3) is 2.78. The van der Waals surface area contributed by atoms with Crippen molar-refractivity contribution in [1.82, 2.24) is 4.98 Å². The van der Waals surface area contributed by atoms with E-state index in [2.05, 4.69) is 32.2 Å². The number of nitrogens with one attached hydrogen (secondary N) is 1. The fourth-order valence-electron chi connectivity index (χ4n) is 3.75. The molecule has 1 N–H and O–H groups in total. The third-order valence-corrected chi connectivity index (χ3v) is 4.99. The van der Waals surface area contributed by atoms with Gasteiger partial charge in [-0.1, -0.05) is 42.5 Å². The highest BCUT2D eigenvalue weighted by molar-refractivity contribution is 6.05. The third-order valence-electron chi connectivity index (χ3n) is 4.99. The van der Waals surface area contributed by atoms with Gasteiger partial charge in [0.2, 0.25) is 0 Å². The molecule has 0 spiro atoms. The number of para-hydroxylation sites is 1. The summed E-state index contributed by atoms with van der Waals surface area (Å²) in [6.45, 7) is 3.51. The molecule has 4 rings (SSSR count). The summed E-state index contributed by atoms with van der Waals surface area (Å²) in [4.78, 5) is 18.0. The largest absolute Gasteiger partial charge is 0.545 e. The van der Waals surface area contributed by atoms with Gasteiger partial charge in [-0.05, 0) is 30.2 Å². The average Bonchev–Trinajstić information content (AvgIpc) is 2.61. The lowest BCUT2D eigenvalue weighted by atomic mass is 9.92. The van der Waals surface area contributed by atoms with Gasteiger partial charge < -0.3 is 14.8 Å². The standard InChI is InChI=1S/C22H20N2O2/c1-14-7-3-4-8-15(14)11-16-12-24(2)13-18-20(22(25)26)17-9-5-6-10-19(17)23-21(16)18/h3-11H,12-13H2,1-2H3,(H,25,26)/b16-11+. The Morgan fingerprint density at radius 3 is 2.62 bits per heavy atom. The number of aromatic nitrogens is 1. The second kappa shape index (κ2) is 6.39. The number of nitrogens with zero attached hydrogens (tertiary/aromatic N) is 1. The number of likely N-dealkylation sites (N-methyl/N-ethyl adjacent to an activating group) is 1. The van der Waals surface area contributed by atoms with E-state index in [1.807, 2.05) is 36.4 Å². The lowest BCUT2D eigenvalue weighted by Gasteiger charge is -2.27. The molecule has 3 aromatic rings. The van der Waals surface area contributed by atoms with Crippen molar-refractivity contribution in [3.8, 4) is 0 Å². The SMILES string of the molecule is Cc1ccccc1/C=C1\C[NH+](C)Cc2c1nc1ccccc1c2C(=O)[O-]. The van der Waals surface area contributed by atoms with E-state index in [-0.39, 0.29) is 5.56 Å². The highest BCUT2D eigenvalue weighted by atomic mass is 16.4. The van der Waals surface area contributed by atoms with E-state index in [0.29, 0.717) is 17.4 Å². The highest BCUT2D eigenvalue weighted by Gasteiger charge is 2.27. The van der Waals surface area contributed by atoms with Crippen LogP contribution in [0, 0.1) is 6.92 Å². The van der Waals surface area contributed by atoms with Crippen molar-refractivity contribution in [2.75, 3.05) is 13.6 Å². The van der Waals surface area contributed by atoms with E-state index in [9.17, 15) is 9.90 Å². The summed E-state index contributed by atoms with van der Waals surface area (Å²) in [6, 6.07) is 15.6. The van der Waals surface area contributed by atoms with Gasteiger partial charge in [0.15, 0.2) is 0 Å². The molecule has 1 unspecified atom stereocenters. The number of carbonyl (C=O) groups is 1. The van der Waals surface area contributed by atoms with E-state index in [1.54, 1.807) is 0 Å². The first-order valence-electron chi connectivity index (χ1n) is 8.75.